The summed E-state index contributed by atoms with van der Waals surface area (Å²) in [7, 11) is 0. The van der Waals surface area contributed by atoms with Crippen LogP contribution in [0.1, 0.15) is 47.0 Å². The van der Waals surface area contributed by atoms with E-state index in [0.29, 0.717) is 11.4 Å². The molecule has 1 fully saturated rings. The largest absolute Gasteiger partial charge is 0.325 e. The van der Waals surface area contributed by atoms with Crippen LogP contribution in [0.25, 0.3) is 5.69 Å². The SMILES string of the molecule is Cc1ccc(-n2nc(C)c(NC(=O)CN3C(=O)N[C@@](C)(c4ccc5c(c4)CCC5)C3=O)c2C)cc1. The van der Waals surface area contributed by atoms with Crippen LogP contribution >= 0.6 is 0 Å². The Hall–Kier alpha value is -3.94. The first-order valence-corrected chi connectivity index (χ1v) is 11.9. The lowest BCUT2D eigenvalue weighted by Gasteiger charge is -2.23. The molecule has 8 heteroatoms. The standard InChI is InChI=1S/C27H29N5O3/c1-16-8-12-22(13-9-16)32-18(3)24(17(2)30-32)28-23(33)15-31-25(34)27(4,29-26(31)35)21-11-10-19-6-5-7-20(19)14-21/h8-14H,5-7,15H2,1-4H3,(H,28,33)(H,29,35)/t27-/m0/s1. The van der Waals surface area contributed by atoms with E-state index in [0.717, 1.165) is 46.7 Å². The van der Waals surface area contributed by atoms with Gasteiger partial charge in [-0.1, -0.05) is 35.9 Å². The number of aryl methyl sites for hydroxylation is 4. The van der Waals surface area contributed by atoms with Gasteiger partial charge in [-0.05, 0) is 75.8 Å². The summed E-state index contributed by atoms with van der Waals surface area (Å²) in [6.07, 6.45) is 3.11. The molecular formula is C27H29N5O3. The molecule has 2 heterocycles. The number of carbonyl (C=O) groups excluding carboxylic acids is 3. The van der Waals surface area contributed by atoms with Crippen molar-refractivity contribution in [3.8, 4) is 5.69 Å². The third-order valence-corrected chi connectivity index (χ3v) is 7.09. The van der Waals surface area contributed by atoms with Gasteiger partial charge in [-0.15, -0.1) is 0 Å². The molecule has 0 unspecified atom stereocenters. The van der Waals surface area contributed by atoms with Crippen molar-refractivity contribution in [3.63, 3.8) is 0 Å². The van der Waals surface area contributed by atoms with E-state index >= 15 is 0 Å². The molecule has 2 aromatic carbocycles. The third-order valence-electron chi connectivity index (χ3n) is 7.09. The number of aromatic nitrogens is 2. The number of benzene rings is 2. The number of imide groups is 1. The maximum Gasteiger partial charge on any atom is 0.325 e. The molecule has 8 nitrogen and oxygen atoms in total. The zero-order valence-corrected chi connectivity index (χ0v) is 20.4. The molecule has 180 valence electrons. The first-order valence-electron chi connectivity index (χ1n) is 11.9. The minimum atomic E-state index is -1.20. The zero-order valence-electron chi connectivity index (χ0n) is 20.4. The van der Waals surface area contributed by atoms with Crippen LogP contribution in [0.3, 0.4) is 0 Å². The van der Waals surface area contributed by atoms with Crippen LogP contribution < -0.4 is 10.6 Å². The highest BCUT2D eigenvalue weighted by molar-refractivity contribution is 6.10. The molecule has 1 aromatic heterocycles. The Bertz CT molecular complexity index is 1360. The molecule has 1 aliphatic carbocycles. The molecule has 0 spiro atoms. The van der Waals surface area contributed by atoms with Crippen molar-refractivity contribution < 1.29 is 14.4 Å². The van der Waals surface area contributed by atoms with Gasteiger partial charge < -0.3 is 10.6 Å². The molecule has 0 bridgehead atoms. The van der Waals surface area contributed by atoms with Crippen LogP contribution in [0.4, 0.5) is 10.5 Å². The Morgan fingerprint density at radius 1 is 1.06 bits per heavy atom. The summed E-state index contributed by atoms with van der Waals surface area (Å²) >= 11 is 0. The molecular weight excluding hydrogens is 442 g/mol. The highest BCUT2D eigenvalue weighted by Crippen LogP contribution is 2.32. The van der Waals surface area contributed by atoms with Crippen LogP contribution in [0.15, 0.2) is 42.5 Å². The maximum atomic E-state index is 13.3. The van der Waals surface area contributed by atoms with Crippen molar-refractivity contribution in [1.82, 2.24) is 20.0 Å². The third kappa shape index (κ3) is 3.88. The van der Waals surface area contributed by atoms with Gasteiger partial charge in [0.25, 0.3) is 5.91 Å². The van der Waals surface area contributed by atoms with E-state index in [1.807, 2.05) is 63.2 Å². The Balaban J connectivity index is 1.33. The molecule has 5 rings (SSSR count). The summed E-state index contributed by atoms with van der Waals surface area (Å²) in [6.45, 7) is 7.02. The lowest BCUT2D eigenvalue weighted by Crippen LogP contribution is -2.42. The molecule has 2 aliphatic rings. The number of urea groups is 1. The zero-order chi connectivity index (χ0) is 24.9. The number of rotatable bonds is 5. The normalized spacial score (nSPS) is 19.1. The number of amides is 4. The number of nitrogens with one attached hydrogen (secondary N) is 2. The number of nitrogens with zero attached hydrogens (tertiary/aromatic N) is 3. The quantitative estimate of drug-likeness (QED) is 0.555. The molecule has 3 aromatic rings. The van der Waals surface area contributed by atoms with Gasteiger partial charge in [0.05, 0.1) is 22.8 Å². The van der Waals surface area contributed by atoms with E-state index in [1.54, 1.807) is 11.6 Å². The summed E-state index contributed by atoms with van der Waals surface area (Å²) in [5.74, 6) is -0.888. The van der Waals surface area contributed by atoms with Gasteiger partial charge in [-0.25, -0.2) is 9.48 Å². The van der Waals surface area contributed by atoms with Crippen molar-refractivity contribution in [2.75, 3.05) is 11.9 Å². The van der Waals surface area contributed by atoms with Gasteiger partial charge >= 0.3 is 6.03 Å². The molecule has 4 amide bonds. The smallest absolute Gasteiger partial charge is 0.321 e. The minimum Gasteiger partial charge on any atom is -0.321 e. The van der Waals surface area contributed by atoms with Gasteiger partial charge in [0, 0.05) is 0 Å². The Kier molecular flexibility index (Phi) is 5.46. The average Bonchev–Trinajstić information content (AvgIpc) is 3.47. The molecule has 2 N–H and O–H groups in total. The van der Waals surface area contributed by atoms with Gasteiger partial charge in [0.15, 0.2) is 0 Å². The van der Waals surface area contributed by atoms with E-state index in [9.17, 15) is 14.4 Å². The molecule has 0 radical (unpaired) electrons. The van der Waals surface area contributed by atoms with E-state index in [2.05, 4.69) is 15.7 Å². The van der Waals surface area contributed by atoms with Crippen LogP contribution in [0, 0.1) is 20.8 Å². The maximum absolute atomic E-state index is 13.3. The van der Waals surface area contributed by atoms with Crippen molar-refractivity contribution in [1.29, 1.82) is 0 Å². The second kappa shape index (κ2) is 8.37. The van der Waals surface area contributed by atoms with Crippen molar-refractivity contribution in [3.05, 3.63) is 76.1 Å². The molecule has 0 saturated carbocycles. The van der Waals surface area contributed by atoms with Gasteiger partial charge in [0.2, 0.25) is 5.91 Å². The number of hydrogen-bond acceptors (Lipinski definition) is 4. The molecule has 1 saturated heterocycles. The number of carbonyl (C=O) groups is 3. The van der Waals surface area contributed by atoms with Crippen LogP contribution in [0.5, 0.6) is 0 Å². The van der Waals surface area contributed by atoms with E-state index in [-0.39, 0.29) is 6.54 Å². The lowest BCUT2D eigenvalue weighted by molar-refractivity contribution is -0.133. The minimum absolute atomic E-state index is 0.375. The predicted octanol–water partition coefficient (Wildman–Crippen LogP) is 3.69. The number of hydrogen-bond donors (Lipinski definition) is 2. The van der Waals surface area contributed by atoms with Gasteiger partial charge in [-0.3, -0.25) is 14.5 Å². The summed E-state index contributed by atoms with van der Waals surface area (Å²) in [5, 5.41) is 10.2. The second-order valence-electron chi connectivity index (χ2n) is 9.62. The topological polar surface area (TPSA) is 96.3 Å². The Morgan fingerprint density at radius 3 is 2.51 bits per heavy atom. The van der Waals surface area contributed by atoms with Crippen LogP contribution in [-0.2, 0) is 28.0 Å². The summed E-state index contributed by atoms with van der Waals surface area (Å²) in [6, 6.07) is 13.3. The highest BCUT2D eigenvalue weighted by Gasteiger charge is 2.49. The monoisotopic (exact) mass is 471 g/mol. The number of anilines is 1. The summed E-state index contributed by atoms with van der Waals surface area (Å²) in [4.78, 5) is 40.0. The fourth-order valence-electron chi connectivity index (χ4n) is 5.00. The van der Waals surface area contributed by atoms with Crippen LogP contribution in [-0.4, -0.2) is 39.1 Å². The number of fused-ring (bicyclic) bond motifs is 1. The average molecular weight is 472 g/mol. The van der Waals surface area contributed by atoms with Gasteiger partial charge in [-0.2, -0.15) is 5.10 Å². The second-order valence-corrected chi connectivity index (χ2v) is 9.62. The first kappa shape index (κ1) is 22.8. The van der Waals surface area contributed by atoms with E-state index < -0.39 is 23.4 Å². The lowest BCUT2D eigenvalue weighted by atomic mass is 9.89. The van der Waals surface area contributed by atoms with Crippen molar-refractivity contribution in [2.24, 2.45) is 0 Å². The van der Waals surface area contributed by atoms with Crippen LogP contribution in [0.2, 0.25) is 0 Å². The fraction of sp³-hybridized carbons (Fsp3) is 0.333. The van der Waals surface area contributed by atoms with Crippen molar-refractivity contribution in [2.45, 2.75) is 52.5 Å². The summed E-state index contributed by atoms with van der Waals surface area (Å²) in [5.41, 5.74) is 6.07. The molecule has 1 atom stereocenters. The fourth-order valence-corrected chi connectivity index (χ4v) is 5.00. The van der Waals surface area contributed by atoms with Crippen molar-refractivity contribution >= 4 is 23.5 Å². The first-order chi connectivity index (χ1) is 16.7. The summed E-state index contributed by atoms with van der Waals surface area (Å²) < 4.78 is 1.77. The highest BCUT2D eigenvalue weighted by atomic mass is 16.2. The van der Waals surface area contributed by atoms with E-state index in [1.165, 1.54) is 11.1 Å². The molecule has 1 aliphatic heterocycles. The molecule has 35 heavy (non-hydrogen) atoms. The van der Waals surface area contributed by atoms with Gasteiger partial charge in [0.1, 0.15) is 12.1 Å². The Labute approximate surface area is 204 Å². The Morgan fingerprint density at radius 2 is 1.77 bits per heavy atom. The predicted molar refractivity (Wildman–Crippen MR) is 132 cm³/mol. The van der Waals surface area contributed by atoms with E-state index in [4.69, 9.17) is 0 Å².